The molecule has 0 spiro atoms. The molecular weight excluding hydrogens is 340 g/mol. The fourth-order valence-corrected chi connectivity index (χ4v) is 3.44. The Labute approximate surface area is 147 Å². The topological polar surface area (TPSA) is 118 Å². The Bertz CT molecular complexity index is 911. The number of carbonyl (C=O) groups excluding carboxylic acids is 1. The van der Waals surface area contributed by atoms with E-state index < -0.39 is 17.9 Å². The van der Waals surface area contributed by atoms with Crippen molar-refractivity contribution in [2.45, 2.75) is 18.9 Å². The van der Waals surface area contributed by atoms with Gasteiger partial charge in [-0.15, -0.1) is 11.3 Å². The van der Waals surface area contributed by atoms with Crippen LogP contribution in [0.1, 0.15) is 12.8 Å². The number of hydrogen-bond donors (Lipinski definition) is 3. The van der Waals surface area contributed by atoms with Crippen molar-refractivity contribution in [2.24, 2.45) is 5.73 Å². The van der Waals surface area contributed by atoms with Gasteiger partial charge in [-0.2, -0.15) is 0 Å². The Morgan fingerprint density at radius 2 is 2.00 bits per heavy atom. The van der Waals surface area contributed by atoms with Crippen LogP contribution < -0.4 is 11.1 Å². The summed E-state index contributed by atoms with van der Waals surface area (Å²) >= 11 is 1.46. The maximum absolute atomic E-state index is 11.5. The number of primary amides is 1. The van der Waals surface area contributed by atoms with Crippen LogP contribution in [0.2, 0.25) is 0 Å². The number of hydrogen-bond acceptors (Lipinski definition) is 6. The molecule has 3 rings (SSSR count). The normalized spacial score (nSPS) is 12.0. The van der Waals surface area contributed by atoms with Crippen molar-refractivity contribution in [3.8, 4) is 11.1 Å². The fourth-order valence-electron chi connectivity index (χ4n) is 2.52. The van der Waals surface area contributed by atoms with E-state index in [2.05, 4.69) is 15.3 Å². The van der Waals surface area contributed by atoms with Gasteiger partial charge in [0.2, 0.25) is 5.91 Å². The van der Waals surface area contributed by atoms with E-state index >= 15 is 0 Å². The molecule has 0 aliphatic heterocycles. The Balaban J connectivity index is 1.99. The highest BCUT2D eigenvalue weighted by atomic mass is 32.1. The second-order valence-electron chi connectivity index (χ2n) is 5.46. The molecule has 0 saturated heterocycles. The van der Waals surface area contributed by atoms with Gasteiger partial charge in [-0.1, -0.05) is 30.3 Å². The minimum Gasteiger partial charge on any atom is -0.480 e. The molecule has 128 valence electrons. The second-order valence-corrected chi connectivity index (χ2v) is 6.32. The number of carboxylic acids is 1. The molecule has 0 bridgehead atoms. The van der Waals surface area contributed by atoms with E-state index in [0.717, 1.165) is 21.3 Å². The number of fused-ring (bicyclic) bond motifs is 1. The van der Waals surface area contributed by atoms with Crippen LogP contribution in [0.5, 0.6) is 0 Å². The number of nitrogens with one attached hydrogen (secondary N) is 1. The van der Waals surface area contributed by atoms with E-state index in [1.807, 2.05) is 35.7 Å². The standard InChI is InChI=1S/C17H16N4O3S/c18-13(22)7-6-12(17(23)24)21-15-14-11(10-4-2-1-3-5-10)8-25-16(14)20-9-19-15/h1-5,8-9,12H,6-7H2,(H2,18,22)(H,23,24)(H,19,20,21). The predicted octanol–water partition coefficient (Wildman–Crippen LogP) is 2.49. The van der Waals surface area contributed by atoms with Crippen LogP contribution in [-0.2, 0) is 9.59 Å². The summed E-state index contributed by atoms with van der Waals surface area (Å²) < 4.78 is 0. The van der Waals surface area contributed by atoms with Gasteiger partial charge in [0.15, 0.2) is 0 Å². The molecule has 3 aromatic rings. The third kappa shape index (κ3) is 3.74. The predicted molar refractivity (Wildman–Crippen MR) is 96.3 cm³/mol. The maximum Gasteiger partial charge on any atom is 0.326 e. The summed E-state index contributed by atoms with van der Waals surface area (Å²) in [5.41, 5.74) is 7.05. The summed E-state index contributed by atoms with van der Waals surface area (Å²) in [6.45, 7) is 0. The number of carbonyl (C=O) groups is 2. The first-order valence-electron chi connectivity index (χ1n) is 7.61. The highest BCUT2D eigenvalue weighted by Gasteiger charge is 2.21. The molecule has 1 atom stereocenters. The molecule has 2 heterocycles. The number of nitrogens with zero attached hydrogens (tertiary/aromatic N) is 2. The van der Waals surface area contributed by atoms with Crippen LogP contribution in [0.4, 0.5) is 5.82 Å². The zero-order chi connectivity index (χ0) is 17.8. The molecule has 0 aliphatic rings. The van der Waals surface area contributed by atoms with Crippen LogP contribution in [0.3, 0.4) is 0 Å². The molecule has 8 heteroatoms. The lowest BCUT2D eigenvalue weighted by molar-refractivity contribution is -0.138. The van der Waals surface area contributed by atoms with Crippen molar-refractivity contribution in [3.63, 3.8) is 0 Å². The van der Waals surface area contributed by atoms with Gasteiger partial charge < -0.3 is 16.2 Å². The molecule has 0 fully saturated rings. The van der Waals surface area contributed by atoms with Crippen molar-refractivity contribution >= 4 is 39.2 Å². The molecule has 7 nitrogen and oxygen atoms in total. The van der Waals surface area contributed by atoms with Crippen molar-refractivity contribution in [3.05, 3.63) is 42.0 Å². The van der Waals surface area contributed by atoms with E-state index in [-0.39, 0.29) is 12.8 Å². The highest BCUT2D eigenvalue weighted by Crippen LogP contribution is 2.36. The van der Waals surface area contributed by atoms with Crippen LogP contribution in [0.15, 0.2) is 42.0 Å². The number of thiophene rings is 1. The number of nitrogens with two attached hydrogens (primary N) is 1. The maximum atomic E-state index is 11.5. The first kappa shape index (κ1) is 16.8. The van der Waals surface area contributed by atoms with E-state index in [1.165, 1.54) is 17.7 Å². The molecule has 25 heavy (non-hydrogen) atoms. The molecule has 1 aromatic carbocycles. The summed E-state index contributed by atoms with van der Waals surface area (Å²) in [5, 5.41) is 15.1. The Hall–Kier alpha value is -3.00. The molecule has 0 radical (unpaired) electrons. The quantitative estimate of drug-likeness (QED) is 0.598. The Kier molecular flexibility index (Phi) is 4.90. The van der Waals surface area contributed by atoms with Crippen LogP contribution >= 0.6 is 11.3 Å². The van der Waals surface area contributed by atoms with Crippen molar-refractivity contribution in [2.75, 3.05) is 5.32 Å². The monoisotopic (exact) mass is 356 g/mol. The highest BCUT2D eigenvalue weighted by molar-refractivity contribution is 7.17. The number of amides is 1. The molecule has 1 unspecified atom stereocenters. The number of aromatic nitrogens is 2. The Morgan fingerprint density at radius 1 is 1.24 bits per heavy atom. The third-order valence-electron chi connectivity index (χ3n) is 3.74. The average molecular weight is 356 g/mol. The van der Waals surface area contributed by atoms with Gasteiger partial charge in [-0.05, 0) is 12.0 Å². The van der Waals surface area contributed by atoms with Gasteiger partial charge >= 0.3 is 5.97 Å². The van der Waals surface area contributed by atoms with Crippen LogP contribution in [0.25, 0.3) is 21.3 Å². The lowest BCUT2D eigenvalue weighted by Crippen LogP contribution is -2.31. The van der Waals surface area contributed by atoms with Crippen LogP contribution in [-0.4, -0.2) is 33.0 Å². The minimum atomic E-state index is -1.07. The van der Waals surface area contributed by atoms with E-state index in [0.29, 0.717) is 5.82 Å². The van der Waals surface area contributed by atoms with Crippen molar-refractivity contribution in [1.82, 2.24) is 9.97 Å². The number of anilines is 1. The summed E-state index contributed by atoms with van der Waals surface area (Å²) in [6.07, 6.45) is 1.46. The molecular formula is C17H16N4O3S. The lowest BCUT2D eigenvalue weighted by atomic mass is 10.1. The fraction of sp³-hybridized carbons (Fsp3) is 0.176. The number of rotatable bonds is 7. The smallest absolute Gasteiger partial charge is 0.326 e. The van der Waals surface area contributed by atoms with Gasteiger partial charge in [0.05, 0.1) is 5.39 Å². The molecule has 0 saturated carbocycles. The summed E-state index contributed by atoms with van der Waals surface area (Å²) in [5.74, 6) is -1.17. The van der Waals surface area contributed by atoms with E-state index in [1.54, 1.807) is 0 Å². The molecule has 2 aromatic heterocycles. The first-order valence-corrected chi connectivity index (χ1v) is 8.49. The van der Waals surface area contributed by atoms with Crippen LogP contribution in [0, 0.1) is 0 Å². The molecule has 1 amide bonds. The first-order chi connectivity index (χ1) is 12.1. The molecule has 0 aliphatic carbocycles. The van der Waals surface area contributed by atoms with E-state index in [9.17, 15) is 14.7 Å². The zero-order valence-electron chi connectivity index (χ0n) is 13.2. The third-order valence-corrected chi connectivity index (χ3v) is 4.63. The average Bonchev–Trinajstić information content (AvgIpc) is 3.04. The van der Waals surface area contributed by atoms with Gasteiger partial charge in [0, 0.05) is 17.4 Å². The zero-order valence-corrected chi connectivity index (χ0v) is 14.0. The van der Waals surface area contributed by atoms with Gasteiger partial charge in [0.1, 0.15) is 23.0 Å². The lowest BCUT2D eigenvalue weighted by Gasteiger charge is -2.15. The summed E-state index contributed by atoms with van der Waals surface area (Å²) in [4.78, 5) is 31.7. The van der Waals surface area contributed by atoms with Gasteiger partial charge in [-0.3, -0.25) is 4.79 Å². The van der Waals surface area contributed by atoms with Gasteiger partial charge in [0.25, 0.3) is 0 Å². The summed E-state index contributed by atoms with van der Waals surface area (Å²) in [7, 11) is 0. The number of aliphatic carboxylic acids is 1. The van der Waals surface area contributed by atoms with Crippen molar-refractivity contribution in [1.29, 1.82) is 0 Å². The minimum absolute atomic E-state index is 0.0205. The SMILES string of the molecule is NC(=O)CCC(Nc1ncnc2scc(-c3ccccc3)c12)C(=O)O. The summed E-state index contributed by atoms with van der Waals surface area (Å²) in [6, 6.07) is 8.78. The molecule has 4 N–H and O–H groups in total. The van der Waals surface area contributed by atoms with E-state index in [4.69, 9.17) is 5.73 Å². The van der Waals surface area contributed by atoms with Gasteiger partial charge in [-0.25, -0.2) is 14.8 Å². The second kappa shape index (κ2) is 7.27. The van der Waals surface area contributed by atoms with Crippen molar-refractivity contribution < 1.29 is 14.7 Å². The Morgan fingerprint density at radius 3 is 2.68 bits per heavy atom. The number of benzene rings is 1. The number of carboxylic acid groups (broad SMARTS) is 1. The largest absolute Gasteiger partial charge is 0.480 e.